The van der Waals surface area contributed by atoms with E-state index in [4.69, 9.17) is 5.26 Å². The zero-order valence-corrected chi connectivity index (χ0v) is 10.1. The van der Waals surface area contributed by atoms with Crippen molar-refractivity contribution in [2.24, 2.45) is 0 Å². The lowest BCUT2D eigenvalue weighted by molar-refractivity contribution is 0.633. The number of nitriles is 1. The summed E-state index contributed by atoms with van der Waals surface area (Å²) < 4.78 is 0.923. The predicted octanol–water partition coefficient (Wildman–Crippen LogP) is 3.53. The predicted molar refractivity (Wildman–Crippen MR) is 62.2 cm³/mol. The largest absolute Gasteiger partial charge is 0.380 e. The Balaban J connectivity index is 2.97. The standard InChI is InChI=1S/C11H13BrN2/c1-11(2,3)14-10-5-4-8(7-13)6-9(10)12/h4-6,14H,1-3H3. The highest BCUT2D eigenvalue weighted by atomic mass is 79.9. The molecule has 0 amide bonds. The molecule has 0 atom stereocenters. The van der Waals surface area contributed by atoms with Crippen molar-refractivity contribution in [3.05, 3.63) is 28.2 Å². The average Bonchev–Trinajstić information content (AvgIpc) is 2.06. The Labute approximate surface area is 93.1 Å². The molecule has 0 saturated heterocycles. The Morgan fingerprint density at radius 3 is 2.43 bits per heavy atom. The van der Waals surface area contributed by atoms with Gasteiger partial charge in [-0.3, -0.25) is 0 Å². The Bertz CT molecular complexity index is 372. The molecule has 74 valence electrons. The number of nitrogens with zero attached hydrogens (tertiary/aromatic N) is 1. The van der Waals surface area contributed by atoms with E-state index in [1.807, 2.05) is 12.1 Å². The second-order valence-corrected chi connectivity index (χ2v) is 5.04. The molecule has 1 N–H and O–H groups in total. The van der Waals surface area contributed by atoms with Crippen molar-refractivity contribution in [3.63, 3.8) is 0 Å². The molecule has 0 aliphatic rings. The second-order valence-electron chi connectivity index (χ2n) is 4.18. The fourth-order valence-corrected chi connectivity index (χ4v) is 1.57. The zero-order valence-electron chi connectivity index (χ0n) is 8.56. The van der Waals surface area contributed by atoms with Crippen LogP contribution in [-0.4, -0.2) is 5.54 Å². The highest BCUT2D eigenvalue weighted by molar-refractivity contribution is 9.10. The number of benzene rings is 1. The van der Waals surface area contributed by atoms with Gasteiger partial charge in [0.1, 0.15) is 0 Å². The lowest BCUT2D eigenvalue weighted by Gasteiger charge is -2.23. The topological polar surface area (TPSA) is 35.8 Å². The van der Waals surface area contributed by atoms with E-state index in [-0.39, 0.29) is 5.54 Å². The fraction of sp³-hybridized carbons (Fsp3) is 0.364. The van der Waals surface area contributed by atoms with Gasteiger partial charge in [-0.2, -0.15) is 5.26 Å². The van der Waals surface area contributed by atoms with Crippen LogP contribution in [0.2, 0.25) is 0 Å². The molecule has 1 aromatic carbocycles. The molecule has 1 aromatic rings. The van der Waals surface area contributed by atoms with Crippen LogP contribution in [0.1, 0.15) is 26.3 Å². The van der Waals surface area contributed by atoms with Crippen LogP contribution in [0.15, 0.2) is 22.7 Å². The number of anilines is 1. The molecule has 3 heteroatoms. The Hall–Kier alpha value is -1.01. The minimum atomic E-state index is 0.0245. The third-order valence-electron chi connectivity index (χ3n) is 1.61. The normalized spacial score (nSPS) is 10.8. The molecule has 0 bridgehead atoms. The van der Waals surface area contributed by atoms with Crippen molar-refractivity contribution in [1.82, 2.24) is 0 Å². The molecule has 0 radical (unpaired) electrons. The molecule has 1 rings (SSSR count). The van der Waals surface area contributed by atoms with Crippen molar-refractivity contribution in [2.45, 2.75) is 26.3 Å². The van der Waals surface area contributed by atoms with E-state index in [1.54, 1.807) is 6.07 Å². The van der Waals surface area contributed by atoms with E-state index in [0.717, 1.165) is 10.2 Å². The van der Waals surface area contributed by atoms with E-state index < -0.39 is 0 Å². The van der Waals surface area contributed by atoms with Gasteiger partial charge in [0.25, 0.3) is 0 Å². The van der Waals surface area contributed by atoms with Gasteiger partial charge in [0.05, 0.1) is 11.6 Å². The minimum absolute atomic E-state index is 0.0245. The summed E-state index contributed by atoms with van der Waals surface area (Å²) in [6, 6.07) is 7.63. The molecule has 0 aliphatic carbocycles. The zero-order chi connectivity index (χ0) is 10.8. The van der Waals surface area contributed by atoms with E-state index in [0.29, 0.717) is 5.56 Å². The van der Waals surface area contributed by atoms with Gasteiger partial charge in [-0.1, -0.05) is 0 Å². The number of nitrogens with one attached hydrogen (secondary N) is 1. The smallest absolute Gasteiger partial charge is 0.0992 e. The molecule has 2 nitrogen and oxygen atoms in total. The highest BCUT2D eigenvalue weighted by Gasteiger charge is 2.11. The van der Waals surface area contributed by atoms with Crippen LogP contribution in [0.5, 0.6) is 0 Å². The number of rotatable bonds is 1. The first-order valence-electron chi connectivity index (χ1n) is 4.40. The van der Waals surface area contributed by atoms with Gasteiger partial charge in [0, 0.05) is 15.7 Å². The van der Waals surface area contributed by atoms with Crippen LogP contribution in [0.3, 0.4) is 0 Å². The molecular formula is C11H13BrN2. The van der Waals surface area contributed by atoms with E-state index in [1.165, 1.54) is 0 Å². The van der Waals surface area contributed by atoms with E-state index in [2.05, 4.69) is 48.1 Å². The summed E-state index contributed by atoms with van der Waals surface area (Å²) in [6.45, 7) is 6.28. The fourth-order valence-electron chi connectivity index (χ4n) is 1.09. The first-order chi connectivity index (χ1) is 6.42. The molecule has 0 aliphatic heterocycles. The van der Waals surface area contributed by atoms with Crippen LogP contribution >= 0.6 is 15.9 Å². The average molecular weight is 253 g/mol. The van der Waals surface area contributed by atoms with Crippen molar-refractivity contribution >= 4 is 21.6 Å². The molecule has 14 heavy (non-hydrogen) atoms. The van der Waals surface area contributed by atoms with Gasteiger partial charge >= 0.3 is 0 Å². The third-order valence-corrected chi connectivity index (χ3v) is 2.26. The van der Waals surface area contributed by atoms with Gasteiger partial charge in [0.2, 0.25) is 0 Å². The summed E-state index contributed by atoms with van der Waals surface area (Å²) in [4.78, 5) is 0. The lowest BCUT2D eigenvalue weighted by Crippen LogP contribution is -2.26. The maximum absolute atomic E-state index is 8.69. The van der Waals surface area contributed by atoms with Crippen molar-refractivity contribution in [2.75, 3.05) is 5.32 Å². The molecule has 0 aromatic heterocycles. The van der Waals surface area contributed by atoms with Crippen molar-refractivity contribution in [1.29, 1.82) is 5.26 Å². The summed E-state index contributed by atoms with van der Waals surface area (Å²) in [6.07, 6.45) is 0. The van der Waals surface area contributed by atoms with Crippen LogP contribution in [-0.2, 0) is 0 Å². The van der Waals surface area contributed by atoms with Crippen LogP contribution < -0.4 is 5.32 Å². The van der Waals surface area contributed by atoms with Crippen LogP contribution in [0.4, 0.5) is 5.69 Å². The molecule has 0 fully saturated rings. The monoisotopic (exact) mass is 252 g/mol. The molecular weight excluding hydrogens is 240 g/mol. The van der Waals surface area contributed by atoms with E-state index >= 15 is 0 Å². The molecule has 0 unspecified atom stereocenters. The number of hydrogen-bond donors (Lipinski definition) is 1. The second kappa shape index (κ2) is 4.02. The molecule has 0 spiro atoms. The SMILES string of the molecule is CC(C)(C)Nc1ccc(C#N)cc1Br. The summed E-state index contributed by atoms with van der Waals surface area (Å²) in [5.74, 6) is 0. The molecule has 0 heterocycles. The first kappa shape index (κ1) is 11.1. The highest BCUT2D eigenvalue weighted by Crippen LogP contribution is 2.25. The van der Waals surface area contributed by atoms with Crippen molar-refractivity contribution in [3.8, 4) is 6.07 Å². The summed E-state index contributed by atoms with van der Waals surface area (Å²) in [5, 5.41) is 12.0. The van der Waals surface area contributed by atoms with Gasteiger partial charge < -0.3 is 5.32 Å². The number of halogens is 1. The maximum Gasteiger partial charge on any atom is 0.0992 e. The maximum atomic E-state index is 8.69. The Kier molecular flexibility index (Phi) is 3.17. The quantitative estimate of drug-likeness (QED) is 0.830. The van der Waals surface area contributed by atoms with Gasteiger partial charge in [-0.15, -0.1) is 0 Å². The summed E-state index contributed by atoms with van der Waals surface area (Å²) in [7, 11) is 0. The van der Waals surface area contributed by atoms with Crippen molar-refractivity contribution < 1.29 is 0 Å². The summed E-state index contributed by atoms with van der Waals surface area (Å²) >= 11 is 3.43. The first-order valence-corrected chi connectivity index (χ1v) is 5.19. The van der Waals surface area contributed by atoms with E-state index in [9.17, 15) is 0 Å². The summed E-state index contributed by atoms with van der Waals surface area (Å²) in [5.41, 5.74) is 1.70. The minimum Gasteiger partial charge on any atom is -0.380 e. The van der Waals surface area contributed by atoms with Gasteiger partial charge in [-0.05, 0) is 54.9 Å². The van der Waals surface area contributed by atoms with Crippen LogP contribution in [0, 0.1) is 11.3 Å². The van der Waals surface area contributed by atoms with Gasteiger partial charge in [-0.25, -0.2) is 0 Å². The van der Waals surface area contributed by atoms with Gasteiger partial charge in [0.15, 0.2) is 0 Å². The molecule has 0 saturated carbocycles. The lowest BCUT2D eigenvalue weighted by atomic mass is 10.1. The Morgan fingerprint density at radius 2 is 2.00 bits per heavy atom. The Morgan fingerprint density at radius 1 is 1.36 bits per heavy atom. The van der Waals surface area contributed by atoms with Crippen LogP contribution in [0.25, 0.3) is 0 Å². The third kappa shape index (κ3) is 3.04. The number of hydrogen-bond acceptors (Lipinski definition) is 2.